The van der Waals surface area contributed by atoms with E-state index in [1.54, 1.807) is 19.5 Å². The van der Waals surface area contributed by atoms with Gasteiger partial charge in [0.05, 0.1) is 15.5 Å². The van der Waals surface area contributed by atoms with Gasteiger partial charge < -0.3 is 9.64 Å². The molecule has 33 heavy (non-hydrogen) atoms. The van der Waals surface area contributed by atoms with Gasteiger partial charge in [-0.1, -0.05) is 29.8 Å². The number of aryl methyl sites for hydroxylation is 1. The van der Waals surface area contributed by atoms with E-state index in [4.69, 9.17) is 4.74 Å². The highest BCUT2D eigenvalue weighted by molar-refractivity contribution is 7.89. The second-order valence-corrected chi connectivity index (χ2v) is 9.92. The molecule has 0 saturated carbocycles. The number of sulfonamides is 1. The Labute approximate surface area is 195 Å². The number of rotatable bonds is 9. The number of benzene rings is 2. The number of nitrogens with one attached hydrogen (secondary N) is 1. The van der Waals surface area contributed by atoms with Crippen LogP contribution in [0.5, 0.6) is 0 Å². The minimum atomic E-state index is -4.16. The highest BCUT2D eigenvalue weighted by Gasteiger charge is 2.23. The van der Waals surface area contributed by atoms with Gasteiger partial charge in [0.15, 0.2) is 0 Å². The number of hydrogen-bond acceptors (Lipinski definition) is 9. The second kappa shape index (κ2) is 10.1. The Morgan fingerprint density at radius 2 is 1.91 bits per heavy atom. The fourth-order valence-corrected chi connectivity index (χ4v) is 4.64. The van der Waals surface area contributed by atoms with E-state index in [0.29, 0.717) is 5.69 Å². The van der Waals surface area contributed by atoms with Crippen molar-refractivity contribution >= 4 is 38.7 Å². The van der Waals surface area contributed by atoms with Gasteiger partial charge in [-0.2, -0.15) is 4.72 Å². The third kappa shape index (κ3) is 6.12. The molecule has 0 atom stereocenters. The maximum atomic E-state index is 12.5. The van der Waals surface area contributed by atoms with E-state index in [1.807, 2.05) is 31.2 Å². The van der Waals surface area contributed by atoms with Crippen molar-refractivity contribution in [1.82, 2.24) is 9.71 Å². The number of nitro groups is 1. The van der Waals surface area contributed by atoms with Crippen LogP contribution in [0.4, 0.5) is 11.4 Å². The number of nitrogens with zero attached hydrogens (tertiary/aromatic N) is 3. The number of hydrogen-bond donors (Lipinski definition) is 1. The number of carbonyl (C=O) groups excluding carboxylic acids is 1. The zero-order valence-corrected chi connectivity index (χ0v) is 19.8. The number of carbonyl (C=O) groups is 1. The van der Waals surface area contributed by atoms with E-state index in [2.05, 4.69) is 9.71 Å². The molecule has 1 N–H and O–H groups in total. The zero-order chi connectivity index (χ0) is 24.2. The lowest BCUT2D eigenvalue weighted by atomic mass is 10.2. The van der Waals surface area contributed by atoms with Crippen LogP contribution >= 0.6 is 11.3 Å². The van der Waals surface area contributed by atoms with Crippen molar-refractivity contribution in [1.29, 1.82) is 0 Å². The fourth-order valence-electron chi connectivity index (χ4n) is 2.84. The lowest BCUT2D eigenvalue weighted by Crippen LogP contribution is -2.30. The Balaban J connectivity index is 1.59. The van der Waals surface area contributed by atoms with Gasteiger partial charge in [-0.3, -0.25) is 14.9 Å². The van der Waals surface area contributed by atoms with E-state index < -0.39 is 27.5 Å². The summed E-state index contributed by atoms with van der Waals surface area (Å²) in [5.41, 5.74) is 2.52. The summed E-state index contributed by atoms with van der Waals surface area (Å²) in [5.74, 6) is -0.803. The van der Waals surface area contributed by atoms with Crippen molar-refractivity contribution in [3.05, 3.63) is 69.2 Å². The van der Waals surface area contributed by atoms with Gasteiger partial charge in [0.1, 0.15) is 23.8 Å². The number of aromatic nitrogens is 1. The fraction of sp³-hybridized carbons (Fsp3) is 0.238. The maximum absolute atomic E-state index is 12.5. The normalized spacial score (nSPS) is 11.2. The molecule has 1 heterocycles. The summed E-state index contributed by atoms with van der Waals surface area (Å²) in [6, 6.07) is 11.4. The predicted molar refractivity (Wildman–Crippen MR) is 125 cm³/mol. The highest BCUT2D eigenvalue weighted by atomic mass is 32.2. The average Bonchev–Trinajstić information content (AvgIpc) is 3.25. The topological polar surface area (TPSA) is 132 Å². The van der Waals surface area contributed by atoms with Gasteiger partial charge >= 0.3 is 5.97 Å². The van der Waals surface area contributed by atoms with E-state index >= 15 is 0 Å². The zero-order valence-electron chi connectivity index (χ0n) is 18.1. The molecule has 0 unspecified atom stereocenters. The van der Waals surface area contributed by atoms with E-state index in [0.717, 1.165) is 22.2 Å². The molecule has 3 aromatic rings. The van der Waals surface area contributed by atoms with Crippen LogP contribution in [0.25, 0.3) is 10.6 Å². The van der Waals surface area contributed by atoms with Crippen molar-refractivity contribution in [2.24, 2.45) is 0 Å². The van der Waals surface area contributed by atoms with Crippen LogP contribution in [-0.4, -0.2) is 44.9 Å². The molecule has 0 amide bonds. The van der Waals surface area contributed by atoms with Gasteiger partial charge in [0, 0.05) is 31.1 Å². The van der Waals surface area contributed by atoms with Crippen LogP contribution in [0.1, 0.15) is 11.3 Å². The molecule has 0 bridgehead atoms. The molecule has 0 saturated heterocycles. The van der Waals surface area contributed by atoms with Gasteiger partial charge in [-0.05, 0) is 19.1 Å². The lowest BCUT2D eigenvalue weighted by molar-refractivity contribution is -0.384. The molecular weight excluding hydrogens is 468 g/mol. The van der Waals surface area contributed by atoms with Gasteiger partial charge in [-0.15, -0.1) is 11.3 Å². The quantitative estimate of drug-likeness (QED) is 0.275. The third-order valence-corrected chi connectivity index (χ3v) is 6.91. The first-order valence-electron chi connectivity index (χ1n) is 9.69. The molecule has 1 aromatic heterocycles. The smallest absolute Gasteiger partial charge is 0.321 e. The summed E-state index contributed by atoms with van der Waals surface area (Å²) in [7, 11) is -0.944. The minimum absolute atomic E-state index is 0.105. The summed E-state index contributed by atoms with van der Waals surface area (Å²) in [6.45, 7) is 1.26. The molecule has 10 nitrogen and oxygen atoms in total. The van der Waals surface area contributed by atoms with Crippen LogP contribution in [-0.2, 0) is 26.2 Å². The third-order valence-electron chi connectivity index (χ3n) is 4.57. The number of esters is 1. The average molecular weight is 491 g/mol. The molecule has 3 rings (SSSR count). The molecule has 0 radical (unpaired) electrons. The molecule has 0 aliphatic heterocycles. The van der Waals surface area contributed by atoms with E-state index in [-0.39, 0.29) is 22.9 Å². The number of anilines is 1. The largest absolute Gasteiger partial charge is 0.458 e. The molecular formula is C21H22N4O6S2. The Morgan fingerprint density at radius 3 is 2.55 bits per heavy atom. The maximum Gasteiger partial charge on any atom is 0.321 e. The van der Waals surface area contributed by atoms with Crippen LogP contribution in [0, 0.1) is 17.0 Å². The molecule has 0 aliphatic rings. The molecule has 0 spiro atoms. The Bertz CT molecular complexity index is 1270. The first-order valence-corrected chi connectivity index (χ1v) is 12.1. The van der Waals surface area contributed by atoms with Crippen LogP contribution in [0.2, 0.25) is 0 Å². The first kappa shape index (κ1) is 24.3. The summed E-state index contributed by atoms with van der Waals surface area (Å²) >= 11 is 1.41. The molecule has 174 valence electrons. The Hall–Kier alpha value is -3.35. The molecule has 2 aromatic carbocycles. The van der Waals surface area contributed by atoms with Gasteiger partial charge in [0.2, 0.25) is 10.0 Å². The summed E-state index contributed by atoms with van der Waals surface area (Å²) in [6.07, 6.45) is 0. The number of ether oxygens (including phenoxy) is 1. The molecule has 0 aliphatic carbocycles. The van der Waals surface area contributed by atoms with Crippen LogP contribution < -0.4 is 9.62 Å². The van der Waals surface area contributed by atoms with Crippen molar-refractivity contribution in [3.63, 3.8) is 0 Å². The van der Waals surface area contributed by atoms with Crippen LogP contribution in [0.3, 0.4) is 0 Å². The minimum Gasteiger partial charge on any atom is -0.458 e. The van der Waals surface area contributed by atoms with Crippen molar-refractivity contribution < 1.29 is 22.9 Å². The predicted octanol–water partition coefficient (Wildman–Crippen LogP) is 3.11. The van der Waals surface area contributed by atoms with Crippen molar-refractivity contribution in [2.75, 3.05) is 25.5 Å². The Morgan fingerprint density at radius 1 is 1.21 bits per heavy atom. The molecule has 0 fully saturated rings. The van der Waals surface area contributed by atoms with E-state index in [9.17, 15) is 23.3 Å². The molecule has 12 heteroatoms. The summed E-state index contributed by atoms with van der Waals surface area (Å²) in [5, 5.41) is 13.8. The standard InChI is InChI=1S/C21H22N4O6S2/c1-14-4-6-15(7-5-14)21-23-16(13-32-21)12-31-20(26)11-22-33(29,30)17-8-9-18(24(2)3)19(10-17)25(27)28/h4-10,13,22H,11-12H2,1-3H3. The summed E-state index contributed by atoms with van der Waals surface area (Å²) < 4.78 is 32.2. The Kier molecular flexibility index (Phi) is 7.41. The number of nitro benzene ring substituents is 1. The monoisotopic (exact) mass is 490 g/mol. The number of thiazole rings is 1. The van der Waals surface area contributed by atoms with Crippen LogP contribution in [0.15, 0.2) is 52.7 Å². The van der Waals surface area contributed by atoms with Crippen molar-refractivity contribution in [2.45, 2.75) is 18.4 Å². The second-order valence-electron chi connectivity index (χ2n) is 7.30. The highest BCUT2D eigenvalue weighted by Crippen LogP contribution is 2.29. The lowest BCUT2D eigenvalue weighted by Gasteiger charge is -2.13. The van der Waals surface area contributed by atoms with E-state index in [1.165, 1.54) is 28.4 Å². The summed E-state index contributed by atoms with van der Waals surface area (Å²) in [4.78, 5) is 28.3. The van der Waals surface area contributed by atoms with Gasteiger partial charge in [0.25, 0.3) is 5.69 Å². The van der Waals surface area contributed by atoms with Gasteiger partial charge in [-0.25, -0.2) is 13.4 Å². The SMILES string of the molecule is Cc1ccc(-c2nc(COC(=O)CNS(=O)(=O)c3ccc(N(C)C)c([N+](=O)[O-])c3)cs2)cc1. The van der Waals surface area contributed by atoms with Crippen molar-refractivity contribution in [3.8, 4) is 10.6 Å². The first-order chi connectivity index (χ1) is 15.6.